The number of aromatic nitrogens is 3. The first-order valence-electron chi connectivity index (χ1n) is 12.3. The van der Waals surface area contributed by atoms with Crippen molar-refractivity contribution >= 4 is 33.2 Å². The predicted molar refractivity (Wildman–Crippen MR) is 148 cm³/mol. The van der Waals surface area contributed by atoms with Crippen LogP contribution in [-0.4, -0.2) is 26.0 Å². The summed E-state index contributed by atoms with van der Waals surface area (Å²) < 4.78 is 24.8. The summed E-state index contributed by atoms with van der Waals surface area (Å²) in [5, 5.41) is 0. The van der Waals surface area contributed by atoms with Crippen LogP contribution in [0.2, 0.25) is 0 Å². The molecule has 0 fully saturated rings. The molecule has 0 saturated heterocycles. The summed E-state index contributed by atoms with van der Waals surface area (Å²) in [5.41, 5.74) is 7.23. The van der Waals surface area contributed by atoms with Crippen LogP contribution in [0.3, 0.4) is 0 Å². The van der Waals surface area contributed by atoms with Crippen molar-refractivity contribution < 1.29 is 18.7 Å². The number of rotatable bonds is 9. The smallest absolute Gasteiger partial charge is 0.282 e. The molecule has 0 aliphatic rings. The maximum Gasteiger partial charge on any atom is 0.282 e. The summed E-state index contributed by atoms with van der Waals surface area (Å²) in [4.78, 5) is 42.8. The van der Waals surface area contributed by atoms with Crippen LogP contribution >= 0.6 is 11.3 Å². The van der Waals surface area contributed by atoms with E-state index in [1.54, 1.807) is 25.1 Å². The van der Waals surface area contributed by atoms with Crippen molar-refractivity contribution in [1.82, 2.24) is 14.3 Å². The summed E-state index contributed by atoms with van der Waals surface area (Å²) in [6, 6.07) is 16.5. The summed E-state index contributed by atoms with van der Waals surface area (Å²) in [6.07, 6.45) is 2.13. The molecule has 0 bridgehead atoms. The number of ketones is 1. The zero-order valence-corrected chi connectivity index (χ0v) is 22.1. The topological polar surface area (TPSA) is 109 Å². The van der Waals surface area contributed by atoms with E-state index >= 15 is 4.39 Å². The lowest BCUT2D eigenvalue weighted by molar-refractivity contribution is 0.0987. The Morgan fingerprint density at radius 2 is 1.85 bits per heavy atom. The van der Waals surface area contributed by atoms with Crippen LogP contribution in [0.4, 0.5) is 4.39 Å². The van der Waals surface area contributed by atoms with Gasteiger partial charge in [-0.25, -0.2) is 9.07 Å². The van der Waals surface area contributed by atoms with Gasteiger partial charge in [0.1, 0.15) is 11.3 Å². The number of amides is 1. The van der Waals surface area contributed by atoms with Gasteiger partial charge in [0.05, 0.1) is 20.8 Å². The lowest BCUT2D eigenvalue weighted by Gasteiger charge is -2.12. The number of fused-ring (bicyclic) bond motifs is 1. The number of carbonyl (C=O) groups is 2. The van der Waals surface area contributed by atoms with Gasteiger partial charge in [0.25, 0.3) is 11.5 Å². The van der Waals surface area contributed by atoms with Crippen LogP contribution in [0, 0.1) is 12.7 Å². The Balaban J connectivity index is 1.42. The van der Waals surface area contributed by atoms with E-state index in [-0.39, 0.29) is 17.7 Å². The molecule has 0 radical (unpaired) electrons. The van der Waals surface area contributed by atoms with Gasteiger partial charge in [0.15, 0.2) is 17.3 Å². The first-order valence-corrected chi connectivity index (χ1v) is 13.2. The third kappa shape index (κ3) is 4.98. The summed E-state index contributed by atoms with van der Waals surface area (Å²) in [7, 11) is 0. The Morgan fingerprint density at radius 1 is 1.08 bits per heavy atom. The number of nitrogens with two attached hydrogens (primary N) is 1. The molecule has 10 heteroatoms. The molecule has 0 unspecified atom stereocenters. The highest BCUT2D eigenvalue weighted by Crippen LogP contribution is 2.35. The van der Waals surface area contributed by atoms with E-state index in [9.17, 15) is 14.4 Å². The number of hydrogen-bond donors (Lipinski definition) is 1. The number of thiophene rings is 1. The van der Waals surface area contributed by atoms with Gasteiger partial charge in [-0.05, 0) is 49.2 Å². The molecular formula is C29H25FN4O4S. The van der Waals surface area contributed by atoms with Crippen molar-refractivity contribution in [3.63, 3.8) is 0 Å². The van der Waals surface area contributed by atoms with Crippen LogP contribution in [0.1, 0.15) is 44.6 Å². The average Bonchev–Trinajstić information content (AvgIpc) is 3.46. The van der Waals surface area contributed by atoms with Gasteiger partial charge >= 0.3 is 0 Å². The Morgan fingerprint density at radius 3 is 2.54 bits per heavy atom. The van der Waals surface area contributed by atoms with Gasteiger partial charge in [0, 0.05) is 30.9 Å². The number of carbonyl (C=O) groups excluding carboxylic acids is 2. The van der Waals surface area contributed by atoms with E-state index in [2.05, 4.69) is 4.98 Å². The minimum Gasteiger partial charge on any atom is -0.453 e. The van der Waals surface area contributed by atoms with Gasteiger partial charge in [-0.3, -0.25) is 24.0 Å². The number of benzene rings is 2. The molecule has 0 spiro atoms. The number of ether oxygens (including phenoxy) is 1. The van der Waals surface area contributed by atoms with Crippen molar-refractivity contribution in [2.75, 3.05) is 0 Å². The summed E-state index contributed by atoms with van der Waals surface area (Å²) >= 11 is 1.11. The van der Waals surface area contributed by atoms with Crippen molar-refractivity contribution in [1.29, 1.82) is 0 Å². The Kier molecular flexibility index (Phi) is 7.12. The molecule has 198 valence electrons. The number of primary amides is 1. The SMILES string of the molecule is CCCn1c(C)c(C(=O)Cc2ccc(Oc3ccnc4cc(C(N)=O)sc34)c(F)c2)c(=O)n1-c1ccccc1. The molecule has 0 aliphatic carbocycles. The molecule has 3 heterocycles. The lowest BCUT2D eigenvalue weighted by atomic mass is 10.0. The zero-order valence-electron chi connectivity index (χ0n) is 21.3. The van der Waals surface area contributed by atoms with Crippen molar-refractivity contribution in [3.8, 4) is 17.2 Å². The first-order chi connectivity index (χ1) is 18.8. The van der Waals surface area contributed by atoms with E-state index in [1.165, 1.54) is 23.0 Å². The third-order valence-electron chi connectivity index (χ3n) is 6.31. The van der Waals surface area contributed by atoms with Gasteiger partial charge in [-0.1, -0.05) is 31.2 Å². The summed E-state index contributed by atoms with van der Waals surface area (Å²) in [5.74, 6) is -1.36. The molecule has 3 aromatic heterocycles. The fraction of sp³-hybridized carbons (Fsp3) is 0.172. The zero-order chi connectivity index (χ0) is 27.7. The molecule has 1 amide bonds. The average molecular weight is 545 g/mol. The number of pyridine rings is 1. The van der Waals surface area contributed by atoms with Gasteiger partial charge < -0.3 is 10.5 Å². The third-order valence-corrected chi connectivity index (χ3v) is 7.46. The second kappa shape index (κ2) is 10.7. The summed E-state index contributed by atoms with van der Waals surface area (Å²) in [6.45, 7) is 4.32. The molecule has 5 rings (SSSR count). The molecule has 2 N–H and O–H groups in total. The van der Waals surface area contributed by atoms with E-state index in [0.29, 0.717) is 44.3 Å². The molecule has 8 nitrogen and oxygen atoms in total. The maximum absolute atomic E-state index is 15.1. The number of Topliss-reactive ketones (excluding diaryl/α,β-unsaturated/α-hetero) is 1. The Labute approximate surface area is 227 Å². The maximum atomic E-state index is 15.1. The van der Waals surface area contributed by atoms with E-state index in [1.807, 2.05) is 41.9 Å². The Bertz CT molecular complexity index is 1770. The molecule has 39 heavy (non-hydrogen) atoms. The lowest BCUT2D eigenvalue weighted by Crippen LogP contribution is -2.24. The molecular weight excluding hydrogens is 519 g/mol. The number of para-hydroxylation sites is 1. The normalized spacial score (nSPS) is 11.2. The fourth-order valence-electron chi connectivity index (χ4n) is 4.52. The van der Waals surface area contributed by atoms with E-state index < -0.39 is 23.1 Å². The van der Waals surface area contributed by atoms with Gasteiger partial charge in [-0.15, -0.1) is 11.3 Å². The van der Waals surface area contributed by atoms with E-state index in [0.717, 1.165) is 17.8 Å². The highest BCUT2D eigenvalue weighted by Gasteiger charge is 2.24. The molecule has 5 aromatic rings. The first kappa shape index (κ1) is 26.1. The number of nitrogens with zero attached hydrogens (tertiary/aromatic N) is 3. The predicted octanol–water partition coefficient (Wildman–Crippen LogP) is 5.42. The highest BCUT2D eigenvalue weighted by atomic mass is 32.1. The standard InChI is InChI=1S/C29H25FN4O4S/c1-3-13-33-17(2)26(29(37)34(33)19-7-5-4-6-8-19)22(35)15-18-9-10-23(20(30)14-18)38-24-11-12-32-21-16-25(28(31)36)39-27(21)24/h4-12,14,16H,3,13,15H2,1-2H3,(H2,31,36). The van der Waals surface area contributed by atoms with Crippen LogP contribution in [0.15, 0.2) is 71.7 Å². The fourth-order valence-corrected chi connectivity index (χ4v) is 5.44. The monoisotopic (exact) mass is 544 g/mol. The minimum atomic E-state index is -0.668. The second-order valence-electron chi connectivity index (χ2n) is 9.00. The Hall–Kier alpha value is -4.57. The van der Waals surface area contributed by atoms with Crippen molar-refractivity contribution in [3.05, 3.63) is 105 Å². The quantitative estimate of drug-likeness (QED) is 0.249. The number of halogens is 1. The van der Waals surface area contributed by atoms with Crippen LogP contribution in [0.25, 0.3) is 15.9 Å². The second-order valence-corrected chi connectivity index (χ2v) is 10.1. The van der Waals surface area contributed by atoms with Crippen LogP contribution in [-0.2, 0) is 13.0 Å². The van der Waals surface area contributed by atoms with Gasteiger partial charge in [-0.2, -0.15) is 0 Å². The van der Waals surface area contributed by atoms with Crippen LogP contribution in [0.5, 0.6) is 11.5 Å². The molecule has 2 aromatic carbocycles. The molecule has 0 saturated carbocycles. The molecule has 0 aliphatic heterocycles. The van der Waals surface area contributed by atoms with E-state index in [4.69, 9.17) is 10.5 Å². The van der Waals surface area contributed by atoms with Crippen molar-refractivity contribution in [2.45, 2.75) is 33.2 Å². The highest BCUT2D eigenvalue weighted by molar-refractivity contribution is 7.21. The number of hydrogen-bond acceptors (Lipinski definition) is 6. The van der Waals surface area contributed by atoms with Crippen LogP contribution < -0.4 is 16.0 Å². The minimum absolute atomic E-state index is 0.0514. The van der Waals surface area contributed by atoms with Crippen molar-refractivity contribution in [2.24, 2.45) is 5.73 Å². The largest absolute Gasteiger partial charge is 0.453 e. The van der Waals surface area contributed by atoms with Gasteiger partial charge in [0.2, 0.25) is 0 Å². The molecule has 0 atom stereocenters.